The summed E-state index contributed by atoms with van der Waals surface area (Å²) < 4.78 is 1.05. The molecular formula is C14H11ClN4O3. The highest BCUT2D eigenvalue weighted by molar-refractivity contribution is 6.30. The molecule has 3 rings (SSSR count). The molecule has 0 fully saturated rings. The second kappa shape index (κ2) is 5.53. The van der Waals surface area contributed by atoms with E-state index in [1.54, 1.807) is 24.3 Å². The van der Waals surface area contributed by atoms with Crippen LogP contribution in [0.25, 0.3) is 5.65 Å². The van der Waals surface area contributed by atoms with Crippen LogP contribution in [-0.4, -0.2) is 25.6 Å². The van der Waals surface area contributed by atoms with Crippen LogP contribution in [0.4, 0.5) is 0 Å². The molecule has 0 aliphatic heterocycles. The van der Waals surface area contributed by atoms with Crippen molar-refractivity contribution in [2.75, 3.05) is 0 Å². The van der Waals surface area contributed by atoms with E-state index in [9.17, 15) is 14.7 Å². The minimum atomic E-state index is -0.730. The van der Waals surface area contributed by atoms with Crippen LogP contribution in [0.3, 0.4) is 0 Å². The maximum Gasteiger partial charge on any atom is 0.315 e. The minimum Gasteiger partial charge on any atom is -0.501 e. The number of amides is 1. The van der Waals surface area contributed by atoms with Gasteiger partial charge >= 0.3 is 5.56 Å². The molecule has 22 heavy (non-hydrogen) atoms. The van der Waals surface area contributed by atoms with Crippen LogP contribution in [0.1, 0.15) is 16.1 Å². The number of hydrogen-bond acceptors (Lipinski definition) is 4. The van der Waals surface area contributed by atoms with Gasteiger partial charge in [-0.1, -0.05) is 23.7 Å². The van der Waals surface area contributed by atoms with Gasteiger partial charge in [0.1, 0.15) is 0 Å². The van der Waals surface area contributed by atoms with Crippen LogP contribution >= 0.6 is 11.6 Å². The molecule has 0 spiro atoms. The molecule has 2 aromatic heterocycles. The first-order valence-electron chi connectivity index (χ1n) is 6.38. The molecule has 3 N–H and O–H groups in total. The van der Waals surface area contributed by atoms with Gasteiger partial charge in [-0.3, -0.25) is 14.7 Å². The summed E-state index contributed by atoms with van der Waals surface area (Å²) in [6, 6.07) is 8.46. The SMILES string of the molecule is O=C(NCc1ccc(Cl)cc1)c1nc2cc[nH]n2c(=O)c1O. The number of carbonyl (C=O) groups excluding carboxylic acids is 1. The molecule has 1 aromatic carbocycles. The zero-order valence-corrected chi connectivity index (χ0v) is 12.0. The monoisotopic (exact) mass is 318 g/mol. The van der Waals surface area contributed by atoms with Crippen molar-refractivity contribution in [3.05, 3.63) is 63.2 Å². The van der Waals surface area contributed by atoms with Gasteiger partial charge in [0.15, 0.2) is 11.3 Å². The second-order valence-electron chi connectivity index (χ2n) is 4.58. The summed E-state index contributed by atoms with van der Waals surface area (Å²) in [6.45, 7) is 0.226. The number of halogens is 1. The molecule has 0 unspecified atom stereocenters. The van der Waals surface area contributed by atoms with Crippen molar-refractivity contribution >= 4 is 23.2 Å². The Labute approximate surface area is 129 Å². The molecule has 8 heteroatoms. The predicted octanol–water partition coefficient (Wildman–Crippen LogP) is 1.31. The number of nitrogens with zero attached hydrogens (tertiary/aromatic N) is 2. The molecule has 0 aliphatic carbocycles. The topological polar surface area (TPSA) is 99.5 Å². The Kier molecular flexibility index (Phi) is 3.56. The van der Waals surface area contributed by atoms with Gasteiger partial charge in [-0.05, 0) is 17.7 Å². The fourth-order valence-electron chi connectivity index (χ4n) is 1.98. The van der Waals surface area contributed by atoms with E-state index in [-0.39, 0.29) is 17.9 Å². The highest BCUT2D eigenvalue weighted by atomic mass is 35.5. The van der Waals surface area contributed by atoms with Gasteiger partial charge in [0.2, 0.25) is 5.75 Å². The third kappa shape index (κ3) is 2.53. The average molecular weight is 319 g/mol. The van der Waals surface area contributed by atoms with Crippen LogP contribution in [0.15, 0.2) is 41.3 Å². The largest absolute Gasteiger partial charge is 0.501 e. The normalized spacial score (nSPS) is 10.8. The number of benzene rings is 1. The van der Waals surface area contributed by atoms with E-state index in [1.165, 1.54) is 12.3 Å². The molecule has 3 aromatic rings. The molecule has 2 heterocycles. The van der Waals surface area contributed by atoms with Gasteiger partial charge in [-0.2, -0.15) is 4.52 Å². The maximum atomic E-state index is 12.1. The molecule has 0 atom stereocenters. The lowest BCUT2D eigenvalue weighted by Crippen LogP contribution is -2.27. The van der Waals surface area contributed by atoms with E-state index < -0.39 is 17.2 Å². The quantitative estimate of drug-likeness (QED) is 0.678. The summed E-state index contributed by atoms with van der Waals surface area (Å²) in [5, 5.41) is 15.6. The number of rotatable bonds is 3. The second-order valence-corrected chi connectivity index (χ2v) is 5.02. The van der Waals surface area contributed by atoms with Crippen molar-refractivity contribution in [3.63, 3.8) is 0 Å². The Hall–Kier alpha value is -2.80. The van der Waals surface area contributed by atoms with Crippen molar-refractivity contribution in [2.24, 2.45) is 0 Å². The molecule has 7 nitrogen and oxygen atoms in total. The first-order chi connectivity index (χ1) is 10.6. The van der Waals surface area contributed by atoms with Crippen LogP contribution in [0.2, 0.25) is 5.02 Å². The number of hydrogen-bond donors (Lipinski definition) is 3. The smallest absolute Gasteiger partial charge is 0.315 e. The predicted molar refractivity (Wildman–Crippen MR) is 80.1 cm³/mol. The van der Waals surface area contributed by atoms with E-state index in [0.29, 0.717) is 5.02 Å². The van der Waals surface area contributed by atoms with E-state index >= 15 is 0 Å². The molecule has 0 bridgehead atoms. The molecule has 1 amide bonds. The molecule has 0 saturated carbocycles. The molecular weight excluding hydrogens is 308 g/mol. The summed E-state index contributed by atoms with van der Waals surface area (Å²) in [7, 11) is 0. The van der Waals surface area contributed by atoms with Gasteiger partial charge in [0, 0.05) is 23.8 Å². The summed E-state index contributed by atoms with van der Waals surface area (Å²) >= 11 is 5.78. The summed E-state index contributed by atoms with van der Waals surface area (Å²) in [6.07, 6.45) is 1.48. The van der Waals surface area contributed by atoms with Crippen molar-refractivity contribution in [3.8, 4) is 5.75 Å². The van der Waals surface area contributed by atoms with E-state index in [0.717, 1.165) is 10.1 Å². The van der Waals surface area contributed by atoms with Crippen LogP contribution in [-0.2, 0) is 6.54 Å². The molecule has 112 valence electrons. The Morgan fingerprint density at radius 2 is 2.05 bits per heavy atom. The van der Waals surface area contributed by atoms with Crippen LogP contribution < -0.4 is 10.9 Å². The number of H-pyrrole nitrogens is 1. The first kappa shape index (κ1) is 14.2. The Morgan fingerprint density at radius 3 is 2.77 bits per heavy atom. The number of nitrogens with one attached hydrogen (secondary N) is 2. The highest BCUT2D eigenvalue weighted by Gasteiger charge is 2.18. The Morgan fingerprint density at radius 1 is 1.32 bits per heavy atom. The third-order valence-corrected chi connectivity index (χ3v) is 3.35. The molecule has 0 aliphatic rings. The van der Waals surface area contributed by atoms with Gasteiger partial charge in [0.05, 0.1) is 0 Å². The fourth-order valence-corrected chi connectivity index (χ4v) is 2.10. The number of aromatic amines is 1. The van der Waals surface area contributed by atoms with Crippen molar-refractivity contribution in [1.29, 1.82) is 0 Å². The van der Waals surface area contributed by atoms with E-state index in [1.807, 2.05) is 0 Å². The highest BCUT2D eigenvalue weighted by Crippen LogP contribution is 2.12. The Balaban J connectivity index is 1.84. The van der Waals surface area contributed by atoms with E-state index in [4.69, 9.17) is 11.6 Å². The molecule has 0 radical (unpaired) electrons. The lowest BCUT2D eigenvalue weighted by molar-refractivity contribution is 0.0942. The number of aromatic hydroxyl groups is 1. The fraction of sp³-hybridized carbons (Fsp3) is 0.0714. The number of carbonyl (C=O) groups is 1. The first-order valence-corrected chi connectivity index (χ1v) is 6.76. The zero-order chi connectivity index (χ0) is 15.7. The minimum absolute atomic E-state index is 0.226. The third-order valence-electron chi connectivity index (χ3n) is 3.10. The van der Waals surface area contributed by atoms with Gasteiger partial charge in [0.25, 0.3) is 5.91 Å². The van der Waals surface area contributed by atoms with Gasteiger partial charge in [-0.15, -0.1) is 0 Å². The van der Waals surface area contributed by atoms with E-state index in [2.05, 4.69) is 15.4 Å². The number of fused-ring (bicyclic) bond motifs is 1. The van der Waals surface area contributed by atoms with Crippen molar-refractivity contribution < 1.29 is 9.90 Å². The average Bonchev–Trinajstić information content (AvgIpc) is 2.98. The Bertz CT molecular complexity index is 899. The summed E-state index contributed by atoms with van der Waals surface area (Å²) in [5.74, 6) is -1.33. The van der Waals surface area contributed by atoms with Crippen molar-refractivity contribution in [2.45, 2.75) is 6.54 Å². The summed E-state index contributed by atoms with van der Waals surface area (Å²) in [4.78, 5) is 27.9. The van der Waals surface area contributed by atoms with Gasteiger partial charge < -0.3 is 10.4 Å². The summed E-state index contributed by atoms with van der Waals surface area (Å²) in [5.41, 5.74) is 0.0429. The maximum absolute atomic E-state index is 12.1. The van der Waals surface area contributed by atoms with Gasteiger partial charge in [-0.25, -0.2) is 4.98 Å². The van der Waals surface area contributed by atoms with Crippen LogP contribution in [0.5, 0.6) is 5.75 Å². The number of aromatic nitrogens is 3. The zero-order valence-electron chi connectivity index (χ0n) is 11.2. The standard InChI is InChI=1S/C14H11ClN4O3/c15-9-3-1-8(2-4-9)7-16-13(21)11-12(20)14(22)19-10(18-11)5-6-17-19/h1-6,17,20H,7H2,(H,16,21). The lowest BCUT2D eigenvalue weighted by atomic mass is 10.2. The van der Waals surface area contributed by atoms with Crippen molar-refractivity contribution in [1.82, 2.24) is 19.9 Å². The lowest BCUT2D eigenvalue weighted by Gasteiger charge is -2.06. The molecule has 0 saturated heterocycles. The van der Waals surface area contributed by atoms with Crippen LogP contribution in [0, 0.1) is 0 Å².